The van der Waals surface area contributed by atoms with Gasteiger partial charge < -0.3 is 15.5 Å². The highest BCUT2D eigenvalue weighted by Crippen LogP contribution is 2.31. The number of amides is 1. The number of piperidine rings is 1. The Morgan fingerprint density at radius 1 is 1.14 bits per heavy atom. The molecule has 1 aliphatic heterocycles. The first-order valence-corrected chi connectivity index (χ1v) is 10.5. The Morgan fingerprint density at radius 2 is 1.93 bits per heavy atom. The van der Waals surface area contributed by atoms with Crippen LogP contribution in [0.3, 0.4) is 0 Å². The average molecular weight is 382 g/mol. The molecular formula is C22H31N5O. The predicted octanol–water partition coefficient (Wildman–Crippen LogP) is 3.11. The number of aromatic nitrogens is 2. The third-order valence-electron chi connectivity index (χ3n) is 5.78. The van der Waals surface area contributed by atoms with Crippen molar-refractivity contribution in [2.45, 2.75) is 52.1 Å². The first-order chi connectivity index (χ1) is 13.6. The zero-order valence-electron chi connectivity index (χ0n) is 16.9. The van der Waals surface area contributed by atoms with Crippen LogP contribution in [0.1, 0.15) is 37.1 Å². The summed E-state index contributed by atoms with van der Waals surface area (Å²) in [4.78, 5) is 14.4. The fourth-order valence-corrected chi connectivity index (χ4v) is 3.99. The quantitative estimate of drug-likeness (QED) is 0.774. The van der Waals surface area contributed by atoms with Crippen LogP contribution < -0.4 is 15.5 Å². The lowest BCUT2D eigenvalue weighted by atomic mass is 10.0. The largest absolute Gasteiger partial charge is 0.371 e. The second-order valence-corrected chi connectivity index (χ2v) is 8.18. The van der Waals surface area contributed by atoms with Crippen LogP contribution in [0.4, 0.5) is 11.4 Å². The van der Waals surface area contributed by atoms with Crippen molar-refractivity contribution >= 4 is 17.3 Å². The van der Waals surface area contributed by atoms with Gasteiger partial charge in [-0.05, 0) is 63.8 Å². The molecule has 6 heteroatoms. The van der Waals surface area contributed by atoms with E-state index in [1.807, 2.05) is 19.1 Å². The lowest BCUT2D eigenvalue weighted by Gasteiger charge is -2.34. The van der Waals surface area contributed by atoms with Gasteiger partial charge in [-0.15, -0.1) is 0 Å². The van der Waals surface area contributed by atoms with Crippen LogP contribution in [-0.2, 0) is 11.3 Å². The predicted molar refractivity (Wildman–Crippen MR) is 113 cm³/mol. The highest BCUT2D eigenvalue weighted by molar-refractivity contribution is 5.94. The molecule has 1 aromatic heterocycles. The third-order valence-corrected chi connectivity index (χ3v) is 5.78. The van der Waals surface area contributed by atoms with Crippen molar-refractivity contribution in [1.29, 1.82) is 0 Å². The van der Waals surface area contributed by atoms with Gasteiger partial charge in [-0.25, -0.2) is 0 Å². The monoisotopic (exact) mass is 381 g/mol. The molecule has 6 nitrogen and oxygen atoms in total. The molecule has 0 bridgehead atoms. The van der Waals surface area contributed by atoms with Gasteiger partial charge in [0.05, 0.1) is 12.2 Å². The van der Waals surface area contributed by atoms with Gasteiger partial charge >= 0.3 is 0 Å². The van der Waals surface area contributed by atoms with Gasteiger partial charge in [0.25, 0.3) is 0 Å². The van der Waals surface area contributed by atoms with E-state index in [9.17, 15) is 4.79 Å². The van der Waals surface area contributed by atoms with E-state index >= 15 is 0 Å². The normalized spacial score (nSPS) is 17.7. The maximum absolute atomic E-state index is 12.0. The van der Waals surface area contributed by atoms with E-state index in [4.69, 9.17) is 0 Å². The van der Waals surface area contributed by atoms with Gasteiger partial charge in [-0.2, -0.15) is 5.10 Å². The fourth-order valence-electron chi connectivity index (χ4n) is 3.99. The zero-order chi connectivity index (χ0) is 19.5. The van der Waals surface area contributed by atoms with Crippen LogP contribution in [0.2, 0.25) is 0 Å². The minimum atomic E-state index is 0.169. The van der Waals surface area contributed by atoms with Gasteiger partial charge in [-0.3, -0.25) is 9.48 Å². The van der Waals surface area contributed by atoms with E-state index < -0.39 is 0 Å². The summed E-state index contributed by atoms with van der Waals surface area (Å²) in [5.41, 5.74) is 4.43. The number of aryl methyl sites for hydroxylation is 2. The van der Waals surface area contributed by atoms with E-state index in [0.717, 1.165) is 63.2 Å². The zero-order valence-corrected chi connectivity index (χ0v) is 16.9. The average Bonchev–Trinajstić information content (AvgIpc) is 3.48. The van der Waals surface area contributed by atoms with E-state index in [0.29, 0.717) is 6.04 Å². The third kappa shape index (κ3) is 4.73. The van der Waals surface area contributed by atoms with Crippen molar-refractivity contribution in [3.05, 3.63) is 41.7 Å². The summed E-state index contributed by atoms with van der Waals surface area (Å²) in [6.45, 7) is 8.10. The molecule has 1 saturated carbocycles. The molecule has 2 N–H and O–H groups in total. The number of rotatable bonds is 7. The fraction of sp³-hybridized carbons (Fsp3) is 0.545. The summed E-state index contributed by atoms with van der Waals surface area (Å²) in [7, 11) is 0. The highest BCUT2D eigenvalue weighted by atomic mass is 16.2. The van der Waals surface area contributed by atoms with Crippen LogP contribution in [0.15, 0.2) is 30.3 Å². The summed E-state index contributed by atoms with van der Waals surface area (Å²) >= 11 is 0. The van der Waals surface area contributed by atoms with Crippen molar-refractivity contribution in [2.24, 2.45) is 5.92 Å². The molecule has 2 aromatic rings. The molecule has 2 heterocycles. The molecule has 28 heavy (non-hydrogen) atoms. The Hall–Kier alpha value is -2.34. The highest BCUT2D eigenvalue weighted by Gasteiger charge is 2.29. The molecule has 1 saturated heterocycles. The SMILES string of the molecule is Cc1cc(C)n(CCNC2CCN(c3cccc(NC(=O)C4CC4)c3)CC2)n1. The van der Waals surface area contributed by atoms with Crippen molar-refractivity contribution in [3.63, 3.8) is 0 Å². The summed E-state index contributed by atoms with van der Waals surface area (Å²) in [5.74, 6) is 0.405. The molecule has 150 valence electrons. The summed E-state index contributed by atoms with van der Waals surface area (Å²) in [6, 6.07) is 11.0. The first kappa shape index (κ1) is 19.0. The van der Waals surface area contributed by atoms with Crippen LogP contribution in [0.25, 0.3) is 0 Å². The Kier molecular flexibility index (Phi) is 5.67. The van der Waals surface area contributed by atoms with Gasteiger partial charge in [0.1, 0.15) is 0 Å². The summed E-state index contributed by atoms with van der Waals surface area (Å²) in [6.07, 6.45) is 4.34. The number of hydrogen-bond donors (Lipinski definition) is 2. The topological polar surface area (TPSA) is 62.2 Å². The molecular weight excluding hydrogens is 350 g/mol. The van der Waals surface area contributed by atoms with Crippen LogP contribution in [-0.4, -0.2) is 41.4 Å². The van der Waals surface area contributed by atoms with Crippen molar-refractivity contribution in [1.82, 2.24) is 15.1 Å². The Morgan fingerprint density at radius 3 is 2.61 bits per heavy atom. The van der Waals surface area contributed by atoms with Crippen LogP contribution >= 0.6 is 0 Å². The van der Waals surface area contributed by atoms with Crippen molar-refractivity contribution in [2.75, 3.05) is 29.9 Å². The lowest BCUT2D eigenvalue weighted by Crippen LogP contribution is -2.43. The number of carbonyl (C=O) groups is 1. The molecule has 1 aromatic carbocycles. The second kappa shape index (κ2) is 8.35. The van der Waals surface area contributed by atoms with Gasteiger partial charge in [0.2, 0.25) is 5.91 Å². The maximum atomic E-state index is 12.0. The number of nitrogens with zero attached hydrogens (tertiary/aromatic N) is 3. The van der Waals surface area contributed by atoms with Crippen molar-refractivity contribution in [3.8, 4) is 0 Å². The van der Waals surface area contributed by atoms with Crippen LogP contribution in [0.5, 0.6) is 0 Å². The smallest absolute Gasteiger partial charge is 0.227 e. The Labute approximate surface area is 167 Å². The molecule has 0 unspecified atom stereocenters. The van der Waals surface area contributed by atoms with Gasteiger partial charge in [-0.1, -0.05) is 6.07 Å². The standard InChI is InChI=1S/C22H31N5O/c1-16-14-17(2)27(25-16)13-10-23-19-8-11-26(12-9-19)21-5-3-4-20(15-21)24-22(28)18-6-7-18/h3-5,14-15,18-19,23H,6-13H2,1-2H3,(H,24,28). The van der Waals surface area contributed by atoms with E-state index in [2.05, 4.69) is 50.4 Å². The number of hydrogen-bond acceptors (Lipinski definition) is 4. The summed E-state index contributed by atoms with van der Waals surface area (Å²) in [5, 5.41) is 11.3. The molecule has 0 radical (unpaired) electrons. The first-order valence-electron chi connectivity index (χ1n) is 10.5. The number of nitrogens with one attached hydrogen (secondary N) is 2. The molecule has 1 amide bonds. The minimum absolute atomic E-state index is 0.169. The maximum Gasteiger partial charge on any atom is 0.227 e. The number of benzene rings is 1. The molecule has 0 atom stereocenters. The molecule has 4 rings (SSSR count). The minimum Gasteiger partial charge on any atom is -0.371 e. The van der Waals surface area contributed by atoms with Crippen LogP contribution in [0, 0.1) is 19.8 Å². The second-order valence-electron chi connectivity index (χ2n) is 8.18. The van der Waals surface area contributed by atoms with Crippen molar-refractivity contribution < 1.29 is 4.79 Å². The molecule has 1 aliphatic carbocycles. The molecule has 0 spiro atoms. The number of anilines is 2. The summed E-state index contributed by atoms with van der Waals surface area (Å²) < 4.78 is 2.08. The van der Waals surface area contributed by atoms with E-state index in [-0.39, 0.29) is 11.8 Å². The van der Waals surface area contributed by atoms with Gasteiger partial charge in [0.15, 0.2) is 0 Å². The van der Waals surface area contributed by atoms with Gasteiger partial charge in [0, 0.05) is 48.7 Å². The van der Waals surface area contributed by atoms with E-state index in [1.54, 1.807) is 0 Å². The lowest BCUT2D eigenvalue weighted by molar-refractivity contribution is -0.117. The molecule has 2 aliphatic rings. The Bertz CT molecular complexity index is 818. The Balaban J connectivity index is 1.23. The van der Waals surface area contributed by atoms with E-state index in [1.165, 1.54) is 11.4 Å². The molecule has 2 fully saturated rings. The number of carbonyl (C=O) groups excluding carboxylic acids is 1.